The number of furan rings is 1. The Labute approximate surface area is 294 Å². The molecule has 0 saturated heterocycles. The summed E-state index contributed by atoms with van der Waals surface area (Å²) in [6, 6.07) is 53.9. The molecule has 5 heteroatoms. The summed E-state index contributed by atoms with van der Waals surface area (Å²) in [5.74, 6) is 0.627. The monoisotopic (exact) mass is 667 g/mol. The first-order valence-corrected chi connectivity index (χ1v) is 18.0. The van der Waals surface area contributed by atoms with Crippen molar-refractivity contribution in [1.82, 2.24) is 14.5 Å². The molecule has 51 heavy (non-hydrogen) atoms. The number of nitrogens with zero attached hydrogens (tertiary/aromatic N) is 3. The van der Waals surface area contributed by atoms with Crippen LogP contribution < -0.4 is 0 Å². The van der Waals surface area contributed by atoms with Gasteiger partial charge in [0.15, 0.2) is 5.58 Å². The highest BCUT2D eigenvalue weighted by atomic mass is 32.1. The van der Waals surface area contributed by atoms with Crippen LogP contribution in [0.1, 0.15) is 0 Å². The van der Waals surface area contributed by atoms with E-state index in [-0.39, 0.29) is 0 Å². The van der Waals surface area contributed by atoms with Gasteiger partial charge in [0.2, 0.25) is 5.95 Å². The van der Waals surface area contributed by atoms with Crippen molar-refractivity contribution in [2.75, 3.05) is 0 Å². The molecule has 0 radical (unpaired) electrons. The fourth-order valence-electron chi connectivity index (χ4n) is 8.51. The van der Waals surface area contributed by atoms with Crippen LogP contribution in [0.5, 0.6) is 0 Å². The van der Waals surface area contributed by atoms with Gasteiger partial charge in [0, 0.05) is 48.0 Å². The van der Waals surface area contributed by atoms with E-state index in [9.17, 15) is 0 Å². The lowest BCUT2D eigenvalue weighted by atomic mass is 9.89. The maximum Gasteiger partial charge on any atom is 0.236 e. The van der Waals surface area contributed by atoms with Crippen molar-refractivity contribution in [3.8, 4) is 17.2 Å². The molecule has 4 heterocycles. The molecule has 4 aromatic heterocycles. The van der Waals surface area contributed by atoms with E-state index in [0.29, 0.717) is 11.5 Å². The number of thiophene rings is 1. The van der Waals surface area contributed by atoms with Crippen LogP contribution in [0.25, 0.3) is 114 Å². The van der Waals surface area contributed by atoms with Gasteiger partial charge in [-0.1, -0.05) is 127 Å². The van der Waals surface area contributed by atoms with E-state index in [2.05, 4.69) is 120 Å². The minimum atomic E-state index is 0.627. The second kappa shape index (κ2) is 10.0. The summed E-state index contributed by atoms with van der Waals surface area (Å²) in [6.45, 7) is 0. The van der Waals surface area contributed by atoms with Crippen LogP contribution in [0.15, 0.2) is 156 Å². The second-order valence-corrected chi connectivity index (χ2v) is 14.3. The molecule has 0 bridgehead atoms. The lowest BCUT2D eigenvalue weighted by Gasteiger charge is -2.15. The van der Waals surface area contributed by atoms with Gasteiger partial charge < -0.3 is 4.42 Å². The van der Waals surface area contributed by atoms with E-state index >= 15 is 0 Å². The molecule has 0 fully saturated rings. The van der Waals surface area contributed by atoms with Gasteiger partial charge in [-0.3, -0.25) is 4.57 Å². The first kappa shape index (κ1) is 27.3. The molecule has 0 aliphatic rings. The van der Waals surface area contributed by atoms with E-state index in [1.807, 2.05) is 47.7 Å². The number of fused-ring (bicyclic) bond motifs is 18. The van der Waals surface area contributed by atoms with Crippen LogP contribution in [0.2, 0.25) is 0 Å². The van der Waals surface area contributed by atoms with Crippen molar-refractivity contribution in [1.29, 1.82) is 0 Å². The van der Waals surface area contributed by atoms with E-state index in [1.54, 1.807) is 0 Å². The summed E-state index contributed by atoms with van der Waals surface area (Å²) in [4.78, 5) is 10.8. The molecule has 0 atom stereocenters. The van der Waals surface area contributed by atoms with E-state index < -0.39 is 0 Å². The predicted molar refractivity (Wildman–Crippen MR) is 214 cm³/mol. The highest BCUT2D eigenvalue weighted by Crippen LogP contribution is 2.51. The molecule has 0 unspecified atom stereocenters. The van der Waals surface area contributed by atoms with E-state index in [0.717, 1.165) is 38.8 Å². The fourth-order valence-corrected chi connectivity index (χ4v) is 9.76. The molecule has 12 rings (SSSR count). The second-order valence-electron chi connectivity index (χ2n) is 13.2. The van der Waals surface area contributed by atoms with Crippen molar-refractivity contribution < 1.29 is 4.42 Å². The molecule has 236 valence electrons. The number of rotatable bonds is 2. The first-order valence-electron chi connectivity index (χ1n) is 17.2. The molecule has 4 nitrogen and oxygen atoms in total. The lowest BCUT2D eigenvalue weighted by molar-refractivity contribution is 0.666. The van der Waals surface area contributed by atoms with E-state index in [1.165, 1.54) is 63.3 Å². The minimum Gasteiger partial charge on any atom is -0.452 e. The molecular weight excluding hydrogens is 643 g/mol. The Morgan fingerprint density at radius 1 is 0.471 bits per heavy atom. The zero-order chi connectivity index (χ0) is 33.2. The van der Waals surface area contributed by atoms with Crippen molar-refractivity contribution in [2.45, 2.75) is 0 Å². The normalized spacial score (nSPS) is 12.3. The molecule has 8 aromatic carbocycles. The van der Waals surface area contributed by atoms with Crippen LogP contribution in [-0.4, -0.2) is 14.5 Å². The molecule has 0 saturated carbocycles. The third-order valence-corrected chi connectivity index (χ3v) is 11.8. The zero-order valence-corrected chi connectivity index (χ0v) is 27.9. The van der Waals surface area contributed by atoms with E-state index in [4.69, 9.17) is 14.4 Å². The molecule has 12 aromatic rings. The van der Waals surface area contributed by atoms with Crippen LogP contribution >= 0.6 is 11.3 Å². The number of benzene rings is 8. The third kappa shape index (κ3) is 3.58. The molecule has 0 aliphatic carbocycles. The molecule has 0 aliphatic heterocycles. The summed E-state index contributed by atoms with van der Waals surface area (Å²) < 4.78 is 11.3. The summed E-state index contributed by atoms with van der Waals surface area (Å²) >= 11 is 1.86. The molecule has 0 N–H and O–H groups in total. The fraction of sp³-hybridized carbons (Fsp3) is 0. The topological polar surface area (TPSA) is 43.9 Å². The van der Waals surface area contributed by atoms with Crippen molar-refractivity contribution in [3.63, 3.8) is 0 Å². The Bertz CT molecular complexity index is 3430. The van der Waals surface area contributed by atoms with Gasteiger partial charge in [-0.25, -0.2) is 9.97 Å². The highest BCUT2D eigenvalue weighted by molar-refractivity contribution is 7.27. The summed E-state index contributed by atoms with van der Waals surface area (Å²) in [5.41, 5.74) is 6.28. The molecule has 0 amide bonds. The standard InChI is InChI=1S/C46H25N3OS/c1-2-14-26(15-3-1)41-44-42(32-21-9-12-24-35(32)50-44)48-46(47-41)49-34-23-11-8-20-31(34)39-37-29-18-6-4-16-27(29)28-17-5-7-19-30(28)38(37)40-33-22-10-13-25-36(33)51-45(40)43(39)49/h1-25H. The lowest BCUT2D eigenvalue weighted by Crippen LogP contribution is -2.03. The molecule has 0 spiro atoms. The van der Waals surface area contributed by atoms with Crippen LogP contribution in [0, 0.1) is 0 Å². The Morgan fingerprint density at radius 2 is 1.06 bits per heavy atom. The number of hydrogen-bond donors (Lipinski definition) is 0. The minimum absolute atomic E-state index is 0.627. The quantitative estimate of drug-likeness (QED) is 0.172. The summed E-state index contributed by atoms with van der Waals surface area (Å²) in [5, 5.41) is 13.5. The SMILES string of the molecule is c1ccc(-c2nc(-n3c4ccccc4c4c5c6ccccc6c6ccccc6c5c5c6ccccc6sc5c43)nc3c2oc2ccccc23)cc1. The van der Waals surface area contributed by atoms with Crippen molar-refractivity contribution in [2.24, 2.45) is 0 Å². The van der Waals surface area contributed by atoms with Gasteiger partial charge in [-0.15, -0.1) is 11.3 Å². The van der Waals surface area contributed by atoms with Gasteiger partial charge >= 0.3 is 0 Å². The highest BCUT2D eigenvalue weighted by Gasteiger charge is 2.27. The van der Waals surface area contributed by atoms with Gasteiger partial charge in [0.05, 0.1) is 15.7 Å². The van der Waals surface area contributed by atoms with Crippen LogP contribution in [0.4, 0.5) is 0 Å². The Kier molecular flexibility index (Phi) is 5.35. The predicted octanol–water partition coefficient (Wildman–Crippen LogP) is 13.0. The average Bonchev–Trinajstić information content (AvgIpc) is 3.88. The maximum atomic E-state index is 6.51. The number of hydrogen-bond acceptors (Lipinski definition) is 4. The Balaban J connectivity index is 1.38. The van der Waals surface area contributed by atoms with Gasteiger partial charge in [-0.05, 0) is 45.8 Å². The summed E-state index contributed by atoms with van der Waals surface area (Å²) in [7, 11) is 0. The third-order valence-electron chi connectivity index (χ3n) is 10.6. The average molecular weight is 668 g/mol. The zero-order valence-electron chi connectivity index (χ0n) is 27.1. The maximum absolute atomic E-state index is 6.51. The number of para-hydroxylation sites is 2. The van der Waals surface area contributed by atoms with Gasteiger partial charge in [-0.2, -0.15) is 0 Å². The molecular formula is C46H25N3OS. The first-order chi connectivity index (χ1) is 25.3. The van der Waals surface area contributed by atoms with Crippen molar-refractivity contribution >= 4 is 108 Å². The Morgan fingerprint density at radius 3 is 1.82 bits per heavy atom. The van der Waals surface area contributed by atoms with Crippen molar-refractivity contribution in [3.05, 3.63) is 152 Å². The van der Waals surface area contributed by atoms with Gasteiger partial charge in [0.25, 0.3) is 0 Å². The van der Waals surface area contributed by atoms with Gasteiger partial charge in [0.1, 0.15) is 16.8 Å². The number of aromatic nitrogens is 3. The summed E-state index contributed by atoms with van der Waals surface area (Å²) in [6.07, 6.45) is 0. The Hall–Kier alpha value is -6.56. The largest absolute Gasteiger partial charge is 0.452 e. The van der Waals surface area contributed by atoms with Crippen LogP contribution in [-0.2, 0) is 0 Å². The smallest absolute Gasteiger partial charge is 0.236 e. The van der Waals surface area contributed by atoms with Crippen LogP contribution in [0.3, 0.4) is 0 Å².